The van der Waals surface area contributed by atoms with E-state index < -0.39 is 4.92 Å². The van der Waals surface area contributed by atoms with E-state index in [1.165, 1.54) is 13.2 Å². The molecule has 2 aromatic rings. The number of nitrogens with zero attached hydrogens (tertiary/aromatic N) is 2. The molecule has 17 heavy (non-hydrogen) atoms. The fraction of sp³-hybridized carbons (Fsp3) is 0.100. The number of hydrogen-bond donors (Lipinski definition) is 2. The molecule has 0 bridgehead atoms. The van der Waals surface area contributed by atoms with Gasteiger partial charge in [-0.3, -0.25) is 10.1 Å². The van der Waals surface area contributed by atoms with Crippen molar-refractivity contribution in [1.29, 1.82) is 0 Å². The minimum atomic E-state index is -0.496. The van der Waals surface area contributed by atoms with Gasteiger partial charge in [0.2, 0.25) is 0 Å². The zero-order valence-electron chi connectivity index (χ0n) is 9.01. The van der Waals surface area contributed by atoms with Crippen molar-refractivity contribution in [3.63, 3.8) is 0 Å². The monoisotopic (exact) mass is 234 g/mol. The van der Waals surface area contributed by atoms with Gasteiger partial charge >= 0.3 is 5.69 Å². The maximum absolute atomic E-state index is 10.7. The zero-order valence-corrected chi connectivity index (χ0v) is 9.01. The number of imidazole rings is 1. The Morgan fingerprint density at radius 2 is 2.29 bits per heavy atom. The summed E-state index contributed by atoms with van der Waals surface area (Å²) in [6.45, 7) is 0. The Bertz CT molecular complexity index is 564. The third-order valence-electron chi connectivity index (χ3n) is 2.28. The number of aromatic amines is 1. The second-order valence-electron chi connectivity index (χ2n) is 3.33. The average molecular weight is 234 g/mol. The second-order valence-corrected chi connectivity index (χ2v) is 3.33. The van der Waals surface area contributed by atoms with Crippen LogP contribution in [-0.4, -0.2) is 22.0 Å². The first-order valence-electron chi connectivity index (χ1n) is 4.75. The number of nitro benzene ring substituents is 1. The van der Waals surface area contributed by atoms with E-state index in [2.05, 4.69) is 9.97 Å². The predicted molar refractivity (Wildman–Crippen MR) is 61.6 cm³/mol. The fourth-order valence-corrected chi connectivity index (χ4v) is 1.48. The van der Waals surface area contributed by atoms with E-state index in [1.54, 1.807) is 18.3 Å². The maximum Gasteiger partial charge on any atom is 0.310 e. The van der Waals surface area contributed by atoms with Crippen molar-refractivity contribution in [2.24, 2.45) is 0 Å². The second kappa shape index (κ2) is 4.12. The molecule has 0 amide bonds. The van der Waals surface area contributed by atoms with Gasteiger partial charge in [-0.15, -0.1) is 0 Å². The lowest BCUT2D eigenvalue weighted by Gasteiger charge is -2.03. The summed E-state index contributed by atoms with van der Waals surface area (Å²) in [4.78, 5) is 16.9. The summed E-state index contributed by atoms with van der Waals surface area (Å²) in [5, 5.41) is 10.7. The molecule has 7 nitrogen and oxygen atoms in total. The van der Waals surface area contributed by atoms with Crippen LogP contribution in [0.5, 0.6) is 5.75 Å². The third-order valence-corrected chi connectivity index (χ3v) is 2.28. The molecule has 0 saturated heterocycles. The minimum absolute atomic E-state index is 0.0799. The highest BCUT2D eigenvalue weighted by atomic mass is 16.6. The normalized spacial score (nSPS) is 10.2. The van der Waals surface area contributed by atoms with Crippen molar-refractivity contribution in [3.05, 3.63) is 34.5 Å². The van der Waals surface area contributed by atoms with Crippen LogP contribution in [0.4, 0.5) is 11.6 Å². The molecule has 0 aliphatic rings. The van der Waals surface area contributed by atoms with E-state index in [0.717, 1.165) is 5.56 Å². The Kier molecular flexibility index (Phi) is 2.65. The van der Waals surface area contributed by atoms with Crippen LogP contribution in [0.15, 0.2) is 24.4 Å². The molecular weight excluding hydrogens is 224 g/mol. The van der Waals surface area contributed by atoms with Gasteiger partial charge < -0.3 is 15.5 Å². The first-order valence-corrected chi connectivity index (χ1v) is 4.75. The molecule has 0 aliphatic heterocycles. The van der Waals surface area contributed by atoms with Crippen molar-refractivity contribution in [3.8, 4) is 17.0 Å². The molecule has 1 aromatic heterocycles. The first-order chi connectivity index (χ1) is 8.11. The molecule has 0 saturated carbocycles. The average Bonchev–Trinajstić information content (AvgIpc) is 2.75. The largest absolute Gasteiger partial charge is 0.490 e. The van der Waals surface area contributed by atoms with Gasteiger partial charge in [0.15, 0.2) is 11.7 Å². The summed E-state index contributed by atoms with van der Waals surface area (Å²) >= 11 is 0. The molecule has 0 aliphatic carbocycles. The van der Waals surface area contributed by atoms with E-state index in [-0.39, 0.29) is 17.4 Å². The van der Waals surface area contributed by atoms with Crippen molar-refractivity contribution in [2.45, 2.75) is 0 Å². The van der Waals surface area contributed by atoms with E-state index in [0.29, 0.717) is 5.69 Å². The van der Waals surface area contributed by atoms with Gasteiger partial charge in [-0.05, 0) is 12.1 Å². The summed E-state index contributed by atoms with van der Waals surface area (Å²) in [6.07, 6.45) is 1.55. The molecule has 3 N–H and O–H groups in total. The van der Waals surface area contributed by atoms with Gasteiger partial charge in [-0.25, -0.2) is 4.98 Å². The molecule has 0 fully saturated rings. The Hall–Kier alpha value is -2.57. The lowest BCUT2D eigenvalue weighted by atomic mass is 10.1. The number of rotatable bonds is 3. The number of nitrogen functional groups attached to an aromatic ring is 1. The molecule has 1 heterocycles. The number of ether oxygens (including phenoxy) is 1. The molecule has 88 valence electrons. The molecule has 7 heteroatoms. The third kappa shape index (κ3) is 2.03. The SMILES string of the molecule is COc1cc(-c2cnc(N)[nH]2)ccc1[N+](=O)[O-]. The van der Waals surface area contributed by atoms with Gasteiger partial charge in [0.05, 0.1) is 23.9 Å². The van der Waals surface area contributed by atoms with Crippen molar-refractivity contribution in [1.82, 2.24) is 9.97 Å². The van der Waals surface area contributed by atoms with E-state index in [1.807, 2.05) is 0 Å². The molecule has 2 rings (SSSR count). The number of methoxy groups -OCH3 is 1. The first kappa shape index (κ1) is 10.9. The number of aromatic nitrogens is 2. The number of nitrogens with one attached hydrogen (secondary N) is 1. The summed E-state index contributed by atoms with van der Waals surface area (Å²) in [5.74, 6) is 0.484. The lowest BCUT2D eigenvalue weighted by molar-refractivity contribution is -0.385. The number of benzene rings is 1. The summed E-state index contributed by atoms with van der Waals surface area (Å²) in [6, 6.07) is 4.55. The smallest absolute Gasteiger partial charge is 0.310 e. The van der Waals surface area contributed by atoms with E-state index in [4.69, 9.17) is 10.5 Å². The Morgan fingerprint density at radius 3 is 2.82 bits per heavy atom. The Labute approximate surface area is 96.4 Å². The minimum Gasteiger partial charge on any atom is -0.490 e. The molecule has 0 unspecified atom stereocenters. The van der Waals surface area contributed by atoms with Gasteiger partial charge in [-0.1, -0.05) is 0 Å². The van der Waals surface area contributed by atoms with E-state index in [9.17, 15) is 10.1 Å². The highest BCUT2D eigenvalue weighted by molar-refractivity contribution is 5.66. The van der Waals surface area contributed by atoms with Crippen molar-refractivity contribution < 1.29 is 9.66 Å². The van der Waals surface area contributed by atoms with Crippen LogP contribution in [0.2, 0.25) is 0 Å². The summed E-state index contributed by atoms with van der Waals surface area (Å²) < 4.78 is 4.97. The van der Waals surface area contributed by atoms with Crippen molar-refractivity contribution >= 4 is 11.6 Å². The number of anilines is 1. The lowest BCUT2D eigenvalue weighted by Crippen LogP contribution is -1.94. The van der Waals surface area contributed by atoms with Crippen LogP contribution in [0.1, 0.15) is 0 Å². The van der Waals surface area contributed by atoms with E-state index >= 15 is 0 Å². The van der Waals surface area contributed by atoms with Gasteiger partial charge in [-0.2, -0.15) is 0 Å². The maximum atomic E-state index is 10.7. The highest BCUT2D eigenvalue weighted by Crippen LogP contribution is 2.31. The quantitative estimate of drug-likeness (QED) is 0.619. The molecule has 0 atom stereocenters. The summed E-state index contributed by atoms with van der Waals surface area (Å²) in [7, 11) is 1.38. The standard InChI is InChI=1S/C10H10N4O3/c1-17-9-4-6(2-3-8(9)14(15)16)7-5-12-10(11)13-7/h2-5H,1H3,(H3,11,12,13). The van der Waals surface area contributed by atoms with Crippen LogP contribution < -0.4 is 10.5 Å². The van der Waals surface area contributed by atoms with Gasteiger partial charge in [0.1, 0.15) is 0 Å². The number of nitrogens with two attached hydrogens (primary N) is 1. The van der Waals surface area contributed by atoms with Crippen LogP contribution in [0.25, 0.3) is 11.3 Å². The highest BCUT2D eigenvalue weighted by Gasteiger charge is 2.15. The summed E-state index contributed by atoms with van der Waals surface area (Å²) in [5.41, 5.74) is 6.77. The van der Waals surface area contributed by atoms with Crippen LogP contribution in [0, 0.1) is 10.1 Å². The molecule has 1 aromatic carbocycles. The number of hydrogen-bond acceptors (Lipinski definition) is 5. The van der Waals surface area contributed by atoms with Crippen LogP contribution >= 0.6 is 0 Å². The van der Waals surface area contributed by atoms with Gasteiger partial charge in [0.25, 0.3) is 0 Å². The Balaban J connectivity index is 2.48. The number of nitro groups is 1. The van der Waals surface area contributed by atoms with Crippen molar-refractivity contribution in [2.75, 3.05) is 12.8 Å². The topological polar surface area (TPSA) is 107 Å². The zero-order chi connectivity index (χ0) is 12.4. The van der Waals surface area contributed by atoms with Crippen LogP contribution in [0.3, 0.4) is 0 Å². The molecule has 0 radical (unpaired) electrons. The number of H-pyrrole nitrogens is 1. The molecular formula is C10H10N4O3. The molecule has 0 spiro atoms. The van der Waals surface area contributed by atoms with Gasteiger partial charge in [0, 0.05) is 11.6 Å². The Morgan fingerprint density at radius 1 is 1.53 bits per heavy atom. The fourth-order valence-electron chi connectivity index (χ4n) is 1.48. The predicted octanol–water partition coefficient (Wildman–Crippen LogP) is 1.58. The van der Waals surface area contributed by atoms with Crippen LogP contribution in [-0.2, 0) is 0 Å².